The molecule has 1 aromatic heterocycles. The van der Waals surface area contributed by atoms with Crippen LogP contribution in [0.4, 0.5) is 0 Å². The number of imidazole rings is 1. The summed E-state index contributed by atoms with van der Waals surface area (Å²) in [6.07, 6.45) is 4.25. The molecule has 1 rings (SSSR count). The number of aryl methyl sites for hydroxylation is 2. The topological polar surface area (TPSA) is 64.0 Å². The first-order chi connectivity index (χ1) is 9.44. The van der Waals surface area contributed by atoms with Crippen molar-refractivity contribution in [2.45, 2.75) is 51.6 Å². The second-order valence-corrected chi connectivity index (χ2v) is 7.02. The minimum Gasteiger partial charge on any atom is -0.334 e. The second-order valence-electron chi connectivity index (χ2n) is 4.92. The summed E-state index contributed by atoms with van der Waals surface area (Å²) in [5, 5.41) is 0.101. The molecule has 0 aliphatic rings. The number of halogens is 1. The summed E-state index contributed by atoms with van der Waals surface area (Å²) in [7, 11) is -3.53. The first-order valence-electron chi connectivity index (χ1n) is 7.04. The van der Waals surface area contributed by atoms with Crippen molar-refractivity contribution in [3.63, 3.8) is 0 Å². The van der Waals surface area contributed by atoms with Crippen LogP contribution in [0.1, 0.15) is 38.9 Å². The fraction of sp³-hybridized carbons (Fsp3) is 0.769. The number of alkyl halides is 1. The number of nitrogens with one attached hydrogen (secondary N) is 1. The van der Waals surface area contributed by atoms with Gasteiger partial charge in [0.15, 0.2) is 5.03 Å². The average Bonchev–Trinajstić information content (AvgIpc) is 2.77. The van der Waals surface area contributed by atoms with Crippen molar-refractivity contribution in [2.24, 2.45) is 5.92 Å². The van der Waals surface area contributed by atoms with Gasteiger partial charge in [0.05, 0.1) is 0 Å². The van der Waals surface area contributed by atoms with Crippen molar-refractivity contribution in [2.75, 3.05) is 12.4 Å². The molecule has 1 atom stereocenters. The van der Waals surface area contributed by atoms with Crippen LogP contribution in [-0.4, -0.2) is 30.4 Å². The van der Waals surface area contributed by atoms with Crippen LogP contribution in [0.15, 0.2) is 11.2 Å². The summed E-state index contributed by atoms with van der Waals surface area (Å²) >= 11 is 5.71. The highest BCUT2D eigenvalue weighted by Crippen LogP contribution is 2.12. The van der Waals surface area contributed by atoms with Gasteiger partial charge in [0, 0.05) is 25.2 Å². The molecule has 0 radical (unpaired) electrons. The van der Waals surface area contributed by atoms with Crippen LogP contribution in [0.25, 0.3) is 0 Å². The molecule has 0 aliphatic heterocycles. The van der Waals surface area contributed by atoms with E-state index < -0.39 is 10.0 Å². The zero-order valence-electron chi connectivity index (χ0n) is 12.4. The highest BCUT2D eigenvalue weighted by atomic mass is 35.5. The molecule has 0 aromatic carbocycles. The Balaban J connectivity index is 2.75. The maximum Gasteiger partial charge on any atom is 0.259 e. The summed E-state index contributed by atoms with van der Waals surface area (Å²) < 4.78 is 28.9. The van der Waals surface area contributed by atoms with E-state index in [9.17, 15) is 8.42 Å². The van der Waals surface area contributed by atoms with Crippen molar-refractivity contribution in [3.8, 4) is 0 Å². The van der Waals surface area contributed by atoms with E-state index in [0.717, 1.165) is 31.6 Å². The van der Waals surface area contributed by atoms with Crippen LogP contribution in [0.3, 0.4) is 0 Å². The third-order valence-electron chi connectivity index (χ3n) is 3.35. The summed E-state index contributed by atoms with van der Waals surface area (Å²) in [6.45, 7) is 7.08. The number of rotatable bonds is 9. The molecule has 20 heavy (non-hydrogen) atoms. The lowest BCUT2D eigenvalue weighted by molar-refractivity contribution is 0.480. The molecule has 0 saturated carbocycles. The Morgan fingerprint density at radius 1 is 1.45 bits per heavy atom. The van der Waals surface area contributed by atoms with Crippen molar-refractivity contribution in [1.29, 1.82) is 0 Å². The molecule has 1 unspecified atom stereocenters. The van der Waals surface area contributed by atoms with Gasteiger partial charge in [0.1, 0.15) is 5.82 Å². The molecule has 0 spiro atoms. The molecular weight excluding hydrogens is 298 g/mol. The van der Waals surface area contributed by atoms with Crippen LogP contribution in [0.5, 0.6) is 0 Å². The molecule has 0 bridgehead atoms. The summed E-state index contributed by atoms with van der Waals surface area (Å²) in [6, 6.07) is 0. The third-order valence-corrected chi connectivity index (χ3v) is 4.86. The van der Waals surface area contributed by atoms with E-state index in [4.69, 9.17) is 11.6 Å². The number of aromatic nitrogens is 2. The van der Waals surface area contributed by atoms with E-state index >= 15 is 0 Å². The smallest absolute Gasteiger partial charge is 0.259 e. The highest BCUT2D eigenvalue weighted by Gasteiger charge is 2.20. The van der Waals surface area contributed by atoms with Gasteiger partial charge in [-0.25, -0.2) is 18.1 Å². The molecule has 0 aliphatic carbocycles. The van der Waals surface area contributed by atoms with Gasteiger partial charge in [-0.3, -0.25) is 0 Å². The normalized spacial score (nSPS) is 13.6. The number of hydrogen-bond donors (Lipinski definition) is 1. The van der Waals surface area contributed by atoms with Crippen molar-refractivity contribution in [3.05, 3.63) is 12.0 Å². The van der Waals surface area contributed by atoms with Gasteiger partial charge in [-0.05, 0) is 25.7 Å². The molecule has 1 heterocycles. The maximum atomic E-state index is 12.2. The lowest BCUT2D eigenvalue weighted by Gasteiger charge is -2.13. The van der Waals surface area contributed by atoms with E-state index in [1.807, 2.05) is 25.3 Å². The molecular formula is C13H24ClN3O2S. The fourth-order valence-corrected chi connectivity index (χ4v) is 3.41. The summed E-state index contributed by atoms with van der Waals surface area (Å²) in [5.74, 6) is 1.53. The molecule has 1 aromatic rings. The quantitative estimate of drug-likeness (QED) is 0.711. The predicted octanol–water partition coefficient (Wildman–Crippen LogP) is 2.53. The Hall–Kier alpha value is -0.590. The van der Waals surface area contributed by atoms with Crippen molar-refractivity contribution < 1.29 is 8.42 Å². The first-order valence-corrected chi connectivity index (χ1v) is 9.05. The summed E-state index contributed by atoms with van der Waals surface area (Å²) in [4.78, 5) is 4.14. The van der Waals surface area contributed by atoms with Gasteiger partial charge in [-0.15, -0.1) is 11.6 Å². The third kappa shape index (κ3) is 4.75. The number of sulfonamides is 1. The van der Waals surface area contributed by atoms with E-state index in [2.05, 4.69) is 9.71 Å². The standard InChI is InChI=1S/C13H24ClN3O2S/c1-4-8-17-10-13(16-11(17)3)20(18,19)15-9-12(5-2)6-7-14/h10,12,15H,4-9H2,1-3H3. The predicted molar refractivity (Wildman–Crippen MR) is 81.6 cm³/mol. The Morgan fingerprint density at radius 3 is 2.70 bits per heavy atom. The van der Waals surface area contributed by atoms with Gasteiger partial charge in [-0.2, -0.15) is 0 Å². The Labute approximate surface area is 126 Å². The maximum absolute atomic E-state index is 12.2. The zero-order valence-corrected chi connectivity index (χ0v) is 14.0. The van der Waals surface area contributed by atoms with Gasteiger partial charge < -0.3 is 4.57 Å². The van der Waals surface area contributed by atoms with E-state index in [1.165, 1.54) is 0 Å². The van der Waals surface area contributed by atoms with Gasteiger partial charge in [-0.1, -0.05) is 20.3 Å². The van der Waals surface area contributed by atoms with Crippen molar-refractivity contribution in [1.82, 2.24) is 14.3 Å². The number of nitrogens with zero attached hydrogens (tertiary/aromatic N) is 2. The van der Waals surface area contributed by atoms with Gasteiger partial charge in [0.25, 0.3) is 10.0 Å². The molecule has 1 N–H and O–H groups in total. The first kappa shape index (κ1) is 17.5. The lowest BCUT2D eigenvalue weighted by Crippen LogP contribution is -2.29. The van der Waals surface area contributed by atoms with Crippen LogP contribution in [0.2, 0.25) is 0 Å². The average molecular weight is 322 g/mol. The van der Waals surface area contributed by atoms with Crippen LogP contribution >= 0.6 is 11.6 Å². The van der Waals surface area contributed by atoms with E-state index in [0.29, 0.717) is 12.4 Å². The molecule has 0 fully saturated rings. The zero-order chi connectivity index (χ0) is 15.2. The van der Waals surface area contributed by atoms with Gasteiger partial charge in [0.2, 0.25) is 0 Å². The van der Waals surface area contributed by atoms with Crippen LogP contribution in [0, 0.1) is 12.8 Å². The second kappa shape index (κ2) is 8.00. The van der Waals surface area contributed by atoms with E-state index in [1.54, 1.807) is 6.20 Å². The largest absolute Gasteiger partial charge is 0.334 e. The minimum atomic E-state index is -3.53. The highest BCUT2D eigenvalue weighted by molar-refractivity contribution is 7.89. The Bertz CT molecular complexity index is 514. The van der Waals surface area contributed by atoms with Crippen molar-refractivity contribution >= 4 is 21.6 Å². The number of hydrogen-bond acceptors (Lipinski definition) is 3. The van der Waals surface area contributed by atoms with Gasteiger partial charge >= 0.3 is 0 Å². The SMILES string of the molecule is CCCn1cc(S(=O)(=O)NCC(CC)CCCl)nc1C. The van der Waals surface area contributed by atoms with E-state index in [-0.39, 0.29) is 10.9 Å². The molecule has 0 amide bonds. The lowest BCUT2D eigenvalue weighted by atomic mass is 10.0. The molecule has 116 valence electrons. The fourth-order valence-electron chi connectivity index (χ4n) is 1.98. The molecule has 0 saturated heterocycles. The summed E-state index contributed by atoms with van der Waals surface area (Å²) in [5.41, 5.74) is 0. The minimum absolute atomic E-state index is 0.101. The van der Waals surface area contributed by atoms with Crippen LogP contribution in [-0.2, 0) is 16.6 Å². The Kier molecular flexibility index (Phi) is 6.99. The molecule has 5 nitrogen and oxygen atoms in total. The molecule has 7 heteroatoms. The Morgan fingerprint density at radius 2 is 2.15 bits per heavy atom. The van der Waals surface area contributed by atoms with Crippen LogP contribution < -0.4 is 4.72 Å². The monoisotopic (exact) mass is 321 g/mol.